The molecule has 0 aromatic carbocycles. The molecule has 1 unspecified atom stereocenters. The fourth-order valence-corrected chi connectivity index (χ4v) is 1.65. The molecule has 0 aliphatic rings. The van der Waals surface area contributed by atoms with Gasteiger partial charge in [-0.15, -0.1) is 0 Å². The van der Waals surface area contributed by atoms with E-state index in [9.17, 15) is 0 Å². The summed E-state index contributed by atoms with van der Waals surface area (Å²) >= 11 is 0. The van der Waals surface area contributed by atoms with Crippen molar-refractivity contribution in [1.82, 2.24) is 4.98 Å². The van der Waals surface area contributed by atoms with Gasteiger partial charge in [0.25, 0.3) is 0 Å². The number of anilines is 1. The number of hydrogen-bond acceptors (Lipinski definition) is 4. The number of nitrogens with zero attached hydrogens (tertiary/aromatic N) is 1. The van der Waals surface area contributed by atoms with E-state index < -0.39 is 0 Å². The molecule has 1 aromatic rings. The van der Waals surface area contributed by atoms with E-state index >= 15 is 0 Å². The van der Waals surface area contributed by atoms with Crippen molar-refractivity contribution in [1.29, 1.82) is 0 Å². The topological polar surface area (TPSA) is 60.2 Å². The summed E-state index contributed by atoms with van der Waals surface area (Å²) in [6, 6.07) is 3.83. The van der Waals surface area contributed by atoms with Crippen LogP contribution < -0.4 is 15.8 Å². The van der Waals surface area contributed by atoms with Crippen LogP contribution in [0.1, 0.15) is 33.6 Å². The number of ether oxygens (including phenoxy) is 1. The summed E-state index contributed by atoms with van der Waals surface area (Å²) < 4.78 is 5.70. The van der Waals surface area contributed by atoms with Crippen LogP contribution in [-0.4, -0.2) is 24.2 Å². The molecule has 3 N–H and O–H groups in total. The van der Waals surface area contributed by atoms with Gasteiger partial charge in [-0.05, 0) is 51.3 Å². The Bertz CT molecular complexity index is 342. The predicted molar refractivity (Wildman–Crippen MR) is 75.9 cm³/mol. The van der Waals surface area contributed by atoms with E-state index in [1.807, 2.05) is 26.0 Å². The first kappa shape index (κ1) is 14.8. The Morgan fingerprint density at radius 1 is 1.39 bits per heavy atom. The first-order valence-corrected chi connectivity index (χ1v) is 6.69. The second-order valence-electron chi connectivity index (χ2n) is 4.93. The van der Waals surface area contributed by atoms with Crippen LogP contribution in [0.2, 0.25) is 0 Å². The highest BCUT2D eigenvalue weighted by atomic mass is 16.5. The zero-order valence-electron chi connectivity index (χ0n) is 11.6. The molecular formula is C14H25N3O. The quantitative estimate of drug-likeness (QED) is 0.697. The Hall–Kier alpha value is -1.29. The zero-order valence-corrected chi connectivity index (χ0v) is 11.6. The SMILES string of the molecule is CC(CN)CCCNc1ncccc1OC(C)C. The largest absolute Gasteiger partial charge is 0.487 e. The van der Waals surface area contributed by atoms with Gasteiger partial charge in [-0.2, -0.15) is 0 Å². The van der Waals surface area contributed by atoms with Crippen LogP contribution in [0.4, 0.5) is 5.82 Å². The third-order valence-electron chi connectivity index (χ3n) is 2.70. The molecule has 18 heavy (non-hydrogen) atoms. The second-order valence-corrected chi connectivity index (χ2v) is 4.93. The molecule has 1 aromatic heterocycles. The second kappa shape index (κ2) is 7.93. The van der Waals surface area contributed by atoms with Crippen LogP contribution >= 0.6 is 0 Å². The molecule has 0 spiro atoms. The maximum absolute atomic E-state index is 5.70. The fraction of sp³-hybridized carbons (Fsp3) is 0.643. The Labute approximate surface area is 110 Å². The number of nitrogens with two attached hydrogens (primary N) is 1. The summed E-state index contributed by atoms with van der Waals surface area (Å²) in [4.78, 5) is 4.31. The maximum Gasteiger partial charge on any atom is 0.168 e. The molecule has 0 amide bonds. The fourth-order valence-electron chi connectivity index (χ4n) is 1.65. The third kappa shape index (κ3) is 5.36. The van der Waals surface area contributed by atoms with E-state index in [-0.39, 0.29) is 6.10 Å². The zero-order chi connectivity index (χ0) is 13.4. The Balaban J connectivity index is 2.41. The van der Waals surface area contributed by atoms with E-state index in [0.29, 0.717) is 5.92 Å². The van der Waals surface area contributed by atoms with Crippen LogP contribution in [0.3, 0.4) is 0 Å². The molecule has 0 saturated heterocycles. The molecule has 1 atom stereocenters. The highest BCUT2D eigenvalue weighted by molar-refractivity contribution is 5.49. The minimum atomic E-state index is 0.159. The van der Waals surface area contributed by atoms with Gasteiger partial charge in [0.1, 0.15) is 0 Å². The van der Waals surface area contributed by atoms with E-state index in [1.54, 1.807) is 6.20 Å². The van der Waals surface area contributed by atoms with E-state index in [2.05, 4.69) is 17.2 Å². The molecule has 0 aliphatic heterocycles. The van der Waals surface area contributed by atoms with Crippen LogP contribution in [0.25, 0.3) is 0 Å². The number of aromatic nitrogens is 1. The Kier molecular flexibility index (Phi) is 6.50. The lowest BCUT2D eigenvalue weighted by Gasteiger charge is -2.14. The summed E-state index contributed by atoms with van der Waals surface area (Å²) in [5.74, 6) is 2.23. The van der Waals surface area contributed by atoms with Crippen molar-refractivity contribution >= 4 is 5.82 Å². The van der Waals surface area contributed by atoms with Gasteiger partial charge in [-0.25, -0.2) is 4.98 Å². The van der Waals surface area contributed by atoms with E-state index in [0.717, 1.165) is 37.5 Å². The van der Waals surface area contributed by atoms with Crippen molar-refractivity contribution in [3.63, 3.8) is 0 Å². The average Bonchev–Trinajstić information content (AvgIpc) is 2.35. The smallest absolute Gasteiger partial charge is 0.168 e. The molecule has 0 fully saturated rings. The molecule has 0 aliphatic carbocycles. The van der Waals surface area contributed by atoms with Gasteiger partial charge in [-0.1, -0.05) is 6.92 Å². The maximum atomic E-state index is 5.70. The van der Waals surface area contributed by atoms with Gasteiger partial charge in [0, 0.05) is 12.7 Å². The summed E-state index contributed by atoms with van der Waals surface area (Å²) in [5.41, 5.74) is 5.59. The van der Waals surface area contributed by atoms with Gasteiger partial charge in [0.15, 0.2) is 11.6 Å². The van der Waals surface area contributed by atoms with Gasteiger partial charge in [0.2, 0.25) is 0 Å². The van der Waals surface area contributed by atoms with Crippen LogP contribution in [0, 0.1) is 5.92 Å². The summed E-state index contributed by atoms with van der Waals surface area (Å²) in [5, 5.41) is 3.32. The van der Waals surface area contributed by atoms with E-state index in [1.165, 1.54) is 0 Å². The van der Waals surface area contributed by atoms with Crippen LogP contribution in [-0.2, 0) is 0 Å². The number of hydrogen-bond donors (Lipinski definition) is 2. The molecule has 0 saturated carbocycles. The number of nitrogens with one attached hydrogen (secondary N) is 1. The van der Waals surface area contributed by atoms with Crippen molar-refractivity contribution in [3.8, 4) is 5.75 Å². The lowest BCUT2D eigenvalue weighted by Crippen LogP contribution is -2.13. The normalized spacial score (nSPS) is 12.5. The van der Waals surface area contributed by atoms with Gasteiger partial charge in [0.05, 0.1) is 6.10 Å². The number of rotatable bonds is 8. The molecule has 4 heteroatoms. The van der Waals surface area contributed by atoms with Crippen LogP contribution in [0.5, 0.6) is 5.75 Å². The first-order valence-electron chi connectivity index (χ1n) is 6.69. The van der Waals surface area contributed by atoms with Crippen molar-refractivity contribution in [2.75, 3.05) is 18.4 Å². The van der Waals surface area contributed by atoms with Crippen molar-refractivity contribution in [2.45, 2.75) is 39.7 Å². The number of pyridine rings is 1. The molecule has 102 valence electrons. The lowest BCUT2D eigenvalue weighted by molar-refractivity contribution is 0.243. The Morgan fingerprint density at radius 3 is 2.83 bits per heavy atom. The van der Waals surface area contributed by atoms with E-state index in [4.69, 9.17) is 10.5 Å². The lowest BCUT2D eigenvalue weighted by atomic mass is 10.1. The monoisotopic (exact) mass is 251 g/mol. The third-order valence-corrected chi connectivity index (χ3v) is 2.70. The molecule has 4 nitrogen and oxygen atoms in total. The van der Waals surface area contributed by atoms with Crippen LogP contribution in [0.15, 0.2) is 18.3 Å². The summed E-state index contributed by atoms with van der Waals surface area (Å²) in [6.07, 6.45) is 4.16. The van der Waals surface area contributed by atoms with Gasteiger partial charge < -0.3 is 15.8 Å². The first-order chi connectivity index (χ1) is 8.63. The van der Waals surface area contributed by atoms with Gasteiger partial charge >= 0.3 is 0 Å². The standard InChI is InChI=1S/C14H25N3O/c1-11(2)18-13-7-5-9-17-14(13)16-8-4-6-12(3)10-15/h5,7,9,11-12H,4,6,8,10,15H2,1-3H3,(H,16,17). The highest BCUT2D eigenvalue weighted by Gasteiger charge is 2.06. The predicted octanol–water partition coefficient (Wildman–Crippen LogP) is 2.66. The Morgan fingerprint density at radius 2 is 2.17 bits per heavy atom. The molecule has 1 rings (SSSR count). The van der Waals surface area contributed by atoms with Crippen molar-refractivity contribution in [3.05, 3.63) is 18.3 Å². The van der Waals surface area contributed by atoms with Crippen molar-refractivity contribution < 1.29 is 4.74 Å². The molecule has 0 radical (unpaired) electrons. The summed E-state index contributed by atoms with van der Waals surface area (Å²) in [7, 11) is 0. The van der Waals surface area contributed by atoms with Crippen molar-refractivity contribution in [2.24, 2.45) is 11.7 Å². The minimum Gasteiger partial charge on any atom is -0.487 e. The molecule has 0 bridgehead atoms. The summed E-state index contributed by atoms with van der Waals surface area (Å²) in [6.45, 7) is 7.86. The van der Waals surface area contributed by atoms with Gasteiger partial charge in [-0.3, -0.25) is 0 Å². The highest BCUT2D eigenvalue weighted by Crippen LogP contribution is 2.22. The minimum absolute atomic E-state index is 0.159. The molecule has 1 heterocycles. The molecular weight excluding hydrogens is 226 g/mol. The average molecular weight is 251 g/mol.